The second-order valence-electron chi connectivity index (χ2n) is 6.05. The maximum Gasteiger partial charge on any atom is 0.411 e. The number of rotatable bonds is 3. The van der Waals surface area contributed by atoms with Gasteiger partial charge >= 0.3 is 12.1 Å². The molecule has 1 amide bonds. The lowest BCUT2D eigenvalue weighted by Gasteiger charge is -2.37. The van der Waals surface area contributed by atoms with Crippen molar-refractivity contribution in [2.24, 2.45) is 0 Å². The van der Waals surface area contributed by atoms with Crippen molar-refractivity contribution in [2.45, 2.75) is 64.1 Å². The minimum atomic E-state index is -1.35. The summed E-state index contributed by atoms with van der Waals surface area (Å²) >= 11 is 0. The van der Waals surface area contributed by atoms with Crippen LogP contribution in [0.2, 0.25) is 0 Å². The molecule has 19 heavy (non-hydrogen) atoms. The minimum Gasteiger partial charge on any atom is -0.479 e. The molecular formula is C13H23NO5. The number of nitrogens with zero attached hydrogens (tertiary/aromatic N) is 1. The molecule has 0 radical (unpaired) electrons. The van der Waals surface area contributed by atoms with Gasteiger partial charge in [-0.25, -0.2) is 9.59 Å². The predicted octanol–water partition coefficient (Wildman–Crippen LogP) is 1.61. The van der Waals surface area contributed by atoms with E-state index in [4.69, 9.17) is 9.84 Å². The number of carboxylic acids is 1. The molecule has 1 heterocycles. The molecule has 2 atom stereocenters. The zero-order valence-electron chi connectivity index (χ0n) is 12.0. The molecule has 1 aliphatic rings. The Morgan fingerprint density at radius 3 is 2.42 bits per heavy atom. The molecule has 1 rings (SSSR count). The smallest absolute Gasteiger partial charge is 0.411 e. The van der Waals surface area contributed by atoms with Crippen molar-refractivity contribution in [1.82, 2.24) is 4.90 Å². The van der Waals surface area contributed by atoms with E-state index >= 15 is 0 Å². The van der Waals surface area contributed by atoms with Gasteiger partial charge in [0.05, 0.1) is 0 Å². The van der Waals surface area contributed by atoms with Crippen molar-refractivity contribution in [1.29, 1.82) is 0 Å². The Hall–Kier alpha value is -1.30. The molecule has 0 bridgehead atoms. The molecule has 2 unspecified atom stereocenters. The number of aliphatic hydroxyl groups is 1. The number of ether oxygens (including phenoxy) is 1. The number of carboxylic acid groups (broad SMARTS) is 1. The van der Waals surface area contributed by atoms with Gasteiger partial charge in [0, 0.05) is 19.1 Å². The zero-order chi connectivity index (χ0) is 14.8. The summed E-state index contributed by atoms with van der Waals surface area (Å²) in [6, 6.07) is -0.211. The molecule has 0 aliphatic carbocycles. The van der Waals surface area contributed by atoms with E-state index in [2.05, 4.69) is 0 Å². The highest BCUT2D eigenvalue weighted by atomic mass is 16.6. The van der Waals surface area contributed by atoms with E-state index in [-0.39, 0.29) is 19.1 Å². The number of hydrogen-bond donors (Lipinski definition) is 2. The second kappa shape index (κ2) is 5.36. The van der Waals surface area contributed by atoms with E-state index in [0.717, 1.165) is 0 Å². The van der Waals surface area contributed by atoms with Crippen LogP contribution in [-0.2, 0) is 9.53 Å². The summed E-state index contributed by atoms with van der Waals surface area (Å²) in [5.41, 5.74) is -2.03. The Balaban J connectivity index is 3.05. The van der Waals surface area contributed by atoms with Gasteiger partial charge in [-0.2, -0.15) is 0 Å². The fourth-order valence-corrected chi connectivity index (χ4v) is 2.53. The van der Waals surface area contributed by atoms with Crippen LogP contribution in [-0.4, -0.2) is 51.0 Å². The van der Waals surface area contributed by atoms with E-state index in [9.17, 15) is 14.7 Å². The lowest BCUT2D eigenvalue weighted by atomic mass is 9.92. The van der Waals surface area contributed by atoms with Gasteiger partial charge in [-0.05, 0) is 40.5 Å². The highest BCUT2D eigenvalue weighted by Gasteiger charge is 2.53. The zero-order valence-corrected chi connectivity index (χ0v) is 12.0. The number of hydrogen-bond acceptors (Lipinski definition) is 4. The Labute approximate surface area is 113 Å². The van der Waals surface area contributed by atoms with Crippen LogP contribution < -0.4 is 0 Å². The molecule has 0 spiro atoms. The highest BCUT2D eigenvalue weighted by molar-refractivity contribution is 5.85. The van der Waals surface area contributed by atoms with Crippen LogP contribution in [0.5, 0.6) is 0 Å². The first-order chi connectivity index (χ1) is 8.64. The molecule has 0 aromatic rings. The summed E-state index contributed by atoms with van der Waals surface area (Å²) in [4.78, 5) is 25.1. The third-order valence-electron chi connectivity index (χ3n) is 3.39. The van der Waals surface area contributed by atoms with E-state index in [1.165, 1.54) is 4.90 Å². The second-order valence-corrected chi connectivity index (χ2v) is 6.05. The van der Waals surface area contributed by atoms with Gasteiger partial charge in [-0.1, -0.05) is 0 Å². The topological polar surface area (TPSA) is 87.1 Å². The Morgan fingerprint density at radius 2 is 2.00 bits per heavy atom. The maximum atomic E-state index is 12.2. The average Bonchev–Trinajstić information content (AvgIpc) is 2.55. The summed E-state index contributed by atoms with van der Waals surface area (Å²) < 4.78 is 5.29. The molecule has 1 aliphatic heterocycles. The lowest BCUT2D eigenvalue weighted by molar-refractivity contribution is -0.151. The third kappa shape index (κ3) is 3.18. The predicted molar refractivity (Wildman–Crippen MR) is 68.8 cm³/mol. The summed E-state index contributed by atoms with van der Waals surface area (Å²) in [7, 11) is 0. The Kier molecular flexibility index (Phi) is 4.45. The maximum absolute atomic E-state index is 12.2. The van der Waals surface area contributed by atoms with Crippen molar-refractivity contribution in [3.63, 3.8) is 0 Å². The monoisotopic (exact) mass is 273 g/mol. The molecule has 6 heteroatoms. The average molecular weight is 273 g/mol. The van der Waals surface area contributed by atoms with Crippen LogP contribution in [0.15, 0.2) is 0 Å². The van der Waals surface area contributed by atoms with Crippen molar-refractivity contribution in [3.8, 4) is 0 Å². The summed E-state index contributed by atoms with van der Waals surface area (Å²) in [5.74, 6) is -1.09. The minimum absolute atomic E-state index is 0.0198. The van der Waals surface area contributed by atoms with Crippen LogP contribution in [0.1, 0.15) is 47.0 Å². The van der Waals surface area contributed by atoms with Crippen LogP contribution >= 0.6 is 0 Å². The van der Waals surface area contributed by atoms with Crippen molar-refractivity contribution >= 4 is 12.1 Å². The lowest BCUT2D eigenvalue weighted by Crippen LogP contribution is -2.56. The molecule has 110 valence electrons. The SMILES string of the molecule is CC1CCC(CCO)(C(=O)O)N1C(=O)OC(C)(C)C. The van der Waals surface area contributed by atoms with E-state index in [1.54, 1.807) is 27.7 Å². The number of likely N-dealkylation sites (tertiary alicyclic amines) is 1. The van der Waals surface area contributed by atoms with Crippen LogP contribution in [0, 0.1) is 0 Å². The van der Waals surface area contributed by atoms with Gasteiger partial charge in [0.15, 0.2) is 0 Å². The molecule has 0 saturated carbocycles. The van der Waals surface area contributed by atoms with Gasteiger partial charge in [0.1, 0.15) is 11.1 Å². The number of aliphatic hydroxyl groups excluding tert-OH is 1. The molecule has 6 nitrogen and oxygen atoms in total. The molecule has 2 N–H and O–H groups in total. The van der Waals surface area contributed by atoms with Crippen LogP contribution in [0.25, 0.3) is 0 Å². The van der Waals surface area contributed by atoms with Crippen LogP contribution in [0.4, 0.5) is 4.79 Å². The normalized spacial score (nSPS) is 27.4. The quantitative estimate of drug-likeness (QED) is 0.815. The van der Waals surface area contributed by atoms with Crippen molar-refractivity contribution in [3.05, 3.63) is 0 Å². The molecule has 0 aromatic heterocycles. The summed E-state index contributed by atoms with van der Waals surface area (Å²) in [5, 5.41) is 18.6. The third-order valence-corrected chi connectivity index (χ3v) is 3.39. The summed E-state index contributed by atoms with van der Waals surface area (Å²) in [6.07, 6.45) is 0.314. The van der Waals surface area contributed by atoms with E-state index < -0.39 is 23.2 Å². The van der Waals surface area contributed by atoms with Gasteiger partial charge in [0.25, 0.3) is 0 Å². The number of amides is 1. The molecule has 1 saturated heterocycles. The van der Waals surface area contributed by atoms with E-state index in [0.29, 0.717) is 12.8 Å². The number of carbonyl (C=O) groups is 2. The van der Waals surface area contributed by atoms with Crippen molar-refractivity contribution in [2.75, 3.05) is 6.61 Å². The molecule has 0 aromatic carbocycles. The summed E-state index contributed by atoms with van der Waals surface area (Å²) in [6.45, 7) is 6.73. The highest BCUT2D eigenvalue weighted by Crippen LogP contribution is 2.38. The first kappa shape index (κ1) is 15.8. The van der Waals surface area contributed by atoms with Gasteiger partial charge in [-0.15, -0.1) is 0 Å². The van der Waals surface area contributed by atoms with Crippen molar-refractivity contribution < 1.29 is 24.5 Å². The van der Waals surface area contributed by atoms with Gasteiger partial charge in [-0.3, -0.25) is 4.90 Å². The fourth-order valence-electron chi connectivity index (χ4n) is 2.53. The first-order valence-electron chi connectivity index (χ1n) is 6.50. The molecular weight excluding hydrogens is 250 g/mol. The van der Waals surface area contributed by atoms with Gasteiger partial charge in [0.2, 0.25) is 0 Å². The number of carbonyl (C=O) groups excluding carboxylic acids is 1. The van der Waals surface area contributed by atoms with Crippen LogP contribution in [0.3, 0.4) is 0 Å². The largest absolute Gasteiger partial charge is 0.479 e. The van der Waals surface area contributed by atoms with E-state index in [1.807, 2.05) is 0 Å². The fraction of sp³-hybridized carbons (Fsp3) is 0.846. The Bertz CT molecular complexity index is 359. The standard InChI is InChI=1S/C13H23NO5/c1-9-5-6-13(7-8-15,10(16)17)14(9)11(18)19-12(2,3)4/h9,15H,5-8H2,1-4H3,(H,16,17). The first-order valence-corrected chi connectivity index (χ1v) is 6.50. The number of aliphatic carboxylic acids is 1. The Morgan fingerprint density at radius 1 is 1.42 bits per heavy atom. The van der Waals surface area contributed by atoms with Gasteiger partial charge < -0.3 is 14.9 Å². The molecule has 1 fully saturated rings.